The van der Waals surface area contributed by atoms with Crippen molar-refractivity contribution in [1.82, 2.24) is 5.32 Å². The van der Waals surface area contributed by atoms with E-state index in [9.17, 15) is 0 Å². The summed E-state index contributed by atoms with van der Waals surface area (Å²) in [5.41, 5.74) is 2.59. The quantitative estimate of drug-likeness (QED) is 0.824. The Morgan fingerprint density at radius 1 is 1.39 bits per heavy atom. The topological polar surface area (TPSA) is 21.3 Å². The van der Waals surface area contributed by atoms with Gasteiger partial charge in [-0.1, -0.05) is 25.5 Å². The highest BCUT2D eigenvalue weighted by Crippen LogP contribution is 2.28. The molecule has 0 radical (unpaired) electrons. The number of benzene rings is 1. The van der Waals surface area contributed by atoms with Crippen LogP contribution in [-0.4, -0.2) is 13.2 Å². The monoisotopic (exact) mass is 247 g/mol. The summed E-state index contributed by atoms with van der Waals surface area (Å²) in [4.78, 5) is 0. The molecule has 0 heterocycles. The zero-order valence-electron chi connectivity index (χ0n) is 11.8. The van der Waals surface area contributed by atoms with Gasteiger partial charge in [-0.05, 0) is 56.3 Å². The third-order valence-corrected chi connectivity index (χ3v) is 3.91. The van der Waals surface area contributed by atoms with Crippen molar-refractivity contribution < 1.29 is 4.74 Å². The van der Waals surface area contributed by atoms with Gasteiger partial charge in [-0.2, -0.15) is 0 Å². The Balaban J connectivity index is 1.95. The van der Waals surface area contributed by atoms with Gasteiger partial charge in [-0.15, -0.1) is 0 Å². The van der Waals surface area contributed by atoms with Crippen molar-refractivity contribution in [3.8, 4) is 5.75 Å². The number of aryl methyl sites for hydroxylation is 1. The third kappa shape index (κ3) is 3.26. The van der Waals surface area contributed by atoms with Crippen molar-refractivity contribution in [2.45, 2.75) is 46.1 Å². The fraction of sp³-hybridized carbons (Fsp3) is 0.625. The molecule has 100 valence electrons. The summed E-state index contributed by atoms with van der Waals surface area (Å²) in [5.74, 6) is 1.85. The molecule has 2 heteroatoms. The van der Waals surface area contributed by atoms with Gasteiger partial charge in [0.2, 0.25) is 0 Å². The summed E-state index contributed by atoms with van der Waals surface area (Å²) in [6.07, 6.45) is 4.06. The fourth-order valence-electron chi connectivity index (χ4n) is 2.40. The lowest BCUT2D eigenvalue weighted by Gasteiger charge is -2.25. The van der Waals surface area contributed by atoms with Crippen molar-refractivity contribution in [1.29, 1.82) is 0 Å². The van der Waals surface area contributed by atoms with E-state index >= 15 is 0 Å². The average molecular weight is 247 g/mol. The van der Waals surface area contributed by atoms with E-state index in [2.05, 4.69) is 44.3 Å². The summed E-state index contributed by atoms with van der Waals surface area (Å²) in [5, 5.41) is 3.44. The molecule has 2 rings (SSSR count). The zero-order chi connectivity index (χ0) is 13.0. The molecule has 2 nitrogen and oxygen atoms in total. The number of nitrogens with one attached hydrogen (secondary N) is 1. The summed E-state index contributed by atoms with van der Waals surface area (Å²) < 4.78 is 5.92. The van der Waals surface area contributed by atoms with Gasteiger partial charge in [0.05, 0.1) is 6.61 Å². The van der Waals surface area contributed by atoms with E-state index in [-0.39, 0.29) is 0 Å². The Hall–Kier alpha value is -1.02. The van der Waals surface area contributed by atoms with Gasteiger partial charge in [0, 0.05) is 6.04 Å². The molecule has 18 heavy (non-hydrogen) atoms. The minimum atomic E-state index is 0.411. The molecule has 0 amide bonds. The third-order valence-electron chi connectivity index (χ3n) is 3.91. The van der Waals surface area contributed by atoms with Crippen molar-refractivity contribution in [3.63, 3.8) is 0 Å². The smallest absolute Gasteiger partial charge is 0.122 e. The second-order valence-corrected chi connectivity index (χ2v) is 5.41. The number of ether oxygens (including phenoxy) is 1. The van der Waals surface area contributed by atoms with Gasteiger partial charge >= 0.3 is 0 Å². The van der Waals surface area contributed by atoms with Crippen LogP contribution in [0.1, 0.15) is 50.3 Å². The molecule has 1 unspecified atom stereocenters. The molecule has 1 atom stereocenters. The highest BCUT2D eigenvalue weighted by molar-refractivity contribution is 5.37. The molecular weight excluding hydrogens is 222 g/mol. The first-order chi connectivity index (χ1) is 8.70. The van der Waals surface area contributed by atoms with Crippen LogP contribution in [0.3, 0.4) is 0 Å². The van der Waals surface area contributed by atoms with E-state index in [0.29, 0.717) is 6.04 Å². The van der Waals surface area contributed by atoms with Gasteiger partial charge in [-0.3, -0.25) is 0 Å². The van der Waals surface area contributed by atoms with Crippen LogP contribution in [0.15, 0.2) is 18.2 Å². The van der Waals surface area contributed by atoms with Gasteiger partial charge in [0.25, 0.3) is 0 Å². The van der Waals surface area contributed by atoms with Crippen molar-refractivity contribution in [2.75, 3.05) is 13.2 Å². The lowest BCUT2D eigenvalue weighted by atomic mass is 9.86. The molecule has 1 aromatic carbocycles. The minimum absolute atomic E-state index is 0.411. The van der Waals surface area contributed by atoms with Crippen molar-refractivity contribution in [3.05, 3.63) is 29.3 Å². The van der Waals surface area contributed by atoms with Crippen LogP contribution in [-0.2, 0) is 0 Å². The maximum Gasteiger partial charge on any atom is 0.122 e. The number of hydrogen-bond acceptors (Lipinski definition) is 2. The molecule has 1 aliphatic carbocycles. The Kier molecular flexibility index (Phi) is 4.65. The fourth-order valence-corrected chi connectivity index (χ4v) is 2.40. The highest BCUT2D eigenvalue weighted by Gasteiger charge is 2.18. The SMILES string of the molecule is CCNC(C)c1ccc(OCC2CCC2)c(C)c1. The number of hydrogen-bond donors (Lipinski definition) is 1. The lowest BCUT2D eigenvalue weighted by Crippen LogP contribution is -2.20. The predicted octanol–water partition coefficient (Wildman–Crippen LogP) is 3.84. The minimum Gasteiger partial charge on any atom is -0.493 e. The standard InChI is InChI=1S/C16H25NO/c1-4-17-13(3)15-8-9-16(12(2)10-15)18-11-14-6-5-7-14/h8-10,13-14,17H,4-7,11H2,1-3H3. The van der Waals surface area contributed by atoms with Gasteiger partial charge < -0.3 is 10.1 Å². The summed E-state index contributed by atoms with van der Waals surface area (Å²) in [7, 11) is 0. The van der Waals surface area contributed by atoms with E-state index in [4.69, 9.17) is 4.74 Å². The van der Waals surface area contributed by atoms with E-state index in [1.807, 2.05) is 0 Å². The van der Waals surface area contributed by atoms with Gasteiger partial charge in [-0.25, -0.2) is 0 Å². The van der Waals surface area contributed by atoms with E-state index in [1.165, 1.54) is 30.4 Å². The molecule has 0 saturated heterocycles. The molecule has 0 aliphatic heterocycles. The first-order valence-corrected chi connectivity index (χ1v) is 7.17. The van der Waals surface area contributed by atoms with Gasteiger partial charge in [0.1, 0.15) is 5.75 Å². The van der Waals surface area contributed by atoms with Crippen LogP contribution in [0, 0.1) is 12.8 Å². The average Bonchev–Trinajstić information content (AvgIpc) is 2.29. The normalized spacial score (nSPS) is 17.3. The van der Waals surface area contributed by atoms with Crippen molar-refractivity contribution in [2.24, 2.45) is 5.92 Å². The van der Waals surface area contributed by atoms with Crippen LogP contribution >= 0.6 is 0 Å². The van der Waals surface area contributed by atoms with Crippen LogP contribution in [0.25, 0.3) is 0 Å². The Morgan fingerprint density at radius 3 is 2.72 bits per heavy atom. The zero-order valence-corrected chi connectivity index (χ0v) is 11.8. The van der Waals surface area contributed by atoms with Crippen LogP contribution in [0.5, 0.6) is 5.75 Å². The molecule has 1 saturated carbocycles. The van der Waals surface area contributed by atoms with Crippen LogP contribution in [0.2, 0.25) is 0 Å². The Bertz CT molecular complexity index is 385. The maximum atomic E-state index is 5.92. The molecular formula is C16H25NO. The molecule has 1 aliphatic rings. The molecule has 1 fully saturated rings. The van der Waals surface area contributed by atoms with Gasteiger partial charge in [0.15, 0.2) is 0 Å². The first-order valence-electron chi connectivity index (χ1n) is 7.17. The van der Waals surface area contributed by atoms with E-state index < -0.39 is 0 Å². The van der Waals surface area contributed by atoms with E-state index in [0.717, 1.165) is 24.8 Å². The second-order valence-electron chi connectivity index (χ2n) is 5.41. The summed E-state index contributed by atoms with van der Waals surface area (Å²) >= 11 is 0. The summed E-state index contributed by atoms with van der Waals surface area (Å²) in [6, 6.07) is 6.95. The first kappa shape index (κ1) is 13.4. The molecule has 1 aromatic rings. The molecule has 0 bridgehead atoms. The lowest BCUT2D eigenvalue weighted by molar-refractivity contribution is 0.180. The summed E-state index contributed by atoms with van der Waals surface area (Å²) in [6.45, 7) is 8.37. The second kappa shape index (κ2) is 6.24. The highest BCUT2D eigenvalue weighted by atomic mass is 16.5. The van der Waals surface area contributed by atoms with Crippen molar-refractivity contribution >= 4 is 0 Å². The molecule has 1 N–H and O–H groups in total. The largest absolute Gasteiger partial charge is 0.493 e. The molecule has 0 aromatic heterocycles. The Morgan fingerprint density at radius 2 is 2.17 bits per heavy atom. The maximum absolute atomic E-state index is 5.92. The van der Waals surface area contributed by atoms with Crippen LogP contribution < -0.4 is 10.1 Å². The van der Waals surface area contributed by atoms with E-state index in [1.54, 1.807) is 0 Å². The number of rotatable bonds is 6. The van der Waals surface area contributed by atoms with Crippen LogP contribution in [0.4, 0.5) is 0 Å². The Labute approximate surface area is 111 Å². The predicted molar refractivity (Wildman–Crippen MR) is 76.1 cm³/mol. The molecule has 0 spiro atoms.